The SMILES string of the molecule is CC(C)=CC1C(C(=O)N(C)CC(=O)Nc2ccc(OC(F)(F)F)cc2)C1(C)C. The first-order valence-electron chi connectivity index (χ1n) is 8.87. The van der Waals surface area contributed by atoms with Crippen LogP contribution in [-0.4, -0.2) is 36.7 Å². The van der Waals surface area contributed by atoms with Gasteiger partial charge < -0.3 is 15.0 Å². The number of benzene rings is 1. The minimum atomic E-state index is -4.77. The number of carbonyl (C=O) groups excluding carboxylic acids is 2. The fourth-order valence-electron chi connectivity index (χ4n) is 3.29. The van der Waals surface area contributed by atoms with Crippen molar-refractivity contribution in [3.05, 3.63) is 35.9 Å². The molecule has 2 atom stereocenters. The van der Waals surface area contributed by atoms with E-state index in [1.54, 1.807) is 7.05 Å². The molecule has 1 aromatic rings. The van der Waals surface area contributed by atoms with Crippen molar-refractivity contribution in [2.45, 2.75) is 34.1 Å². The van der Waals surface area contributed by atoms with Crippen molar-refractivity contribution in [2.75, 3.05) is 18.9 Å². The maximum Gasteiger partial charge on any atom is 0.573 e. The highest BCUT2D eigenvalue weighted by atomic mass is 19.4. The highest BCUT2D eigenvalue weighted by Gasteiger charge is 2.61. The number of nitrogens with one attached hydrogen (secondary N) is 1. The van der Waals surface area contributed by atoms with Crippen LogP contribution in [0.1, 0.15) is 27.7 Å². The fourth-order valence-corrected chi connectivity index (χ4v) is 3.29. The molecule has 0 bridgehead atoms. The first-order valence-corrected chi connectivity index (χ1v) is 8.87. The van der Waals surface area contributed by atoms with Crippen LogP contribution >= 0.6 is 0 Å². The molecule has 154 valence electrons. The van der Waals surface area contributed by atoms with E-state index in [2.05, 4.69) is 16.1 Å². The van der Waals surface area contributed by atoms with E-state index in [0.29, 0.717) is 5.69 Å². The van der Waals surface area contributed by atoms with Crippen molar-refractivity contribution < 1.29 is 27.5 Å². The van der Waals surface area contributed by atoms with E-state index in [1.165, 1.54) is 17.0 Å². The molecule has 1 fully saturated rings. The number of halogens is 3. The zero-order valence-corrected chi connectivity index (χ0v) is 16.6. The van der Waals surface area contributed by atoms with E-state index in [-0.39, 0.29) is 35.5 Å². The highest BCUT2D eigenvalue weighted by Crippen LogP contribution is 2.59. The average molecular weight is 398 g/mol. The molecule has 2 unspecified atom stereocenters. The lowest BCUT2D eigenvalue weighted by atomic mass is 10.1. The van der Waals surface area contributed by atoms with Crippen molar-refractivity contribution in [2.24, 2.45) is 17.3 Å². The maximum absolute atomic E-state index is 12.7. The number of hydrogen-bond acceptors (Lipinski definition) is 3. The molecule has 0 spiro atoms. The third kappa shape index (κ3) is 5.50. The number of alkyl halides is 3. The van der Waals surface area contributed by atoms with Crippen LogP contribution in [0.4, 0.5) is 18.9 Å². The first-order chi connectivity index (χ1) is 12.8. The number of ether oxygens (including phenoxy) is 1. The Balaban J connectivity index is 1.91. The molecule has 0 aliphatic heterocycles. The van der Waals surface area contributed by atoms with Crippen molar-refractivity contribution in [1.82, 2.24) is 4.90 Å². The van der Waals surface area contributed by atoms with Gasteiger partial charge in [-0.25, -0.2) is 0 Å². The van der Waals surface area contributed by atoms with Gasteiger partial charge in [0.15, 0.2) is 0 Å². The standard InChI is InChI=1S/C20H25F3N2O3/c1-12(2)10-15-17(19(15,3)4)18(27)25(5)11-16(26)24-13-6-8-14(9-7-13)28-20(21,22)23/h6-10,15,17H,11H2,1-5H3,(H,24,26). The summed E-state index contributed by atoms with van der Waals surface area (Å²) in [5, 5.41) is 2.56. The Kier molecular flexibility index (Phi) is 6.11. The number of nitrogens with zero attached hydrogens (tertiary/aromatic N) is 1. The summed E-state index contributed by atoms with van der Waals surface area (Å²) in [4.78, 5) is 26.2. The molecule has 0 saturated heterocycles. The van der Waals surface area contributed by atoms with E-state index in [4.69, 9.17) is 0 Å². The average Bonchev–Trinajstić information content (AvgIpc) is 3.06. The summed E-state index contributed by atoms with van der Waals surface area (Å²) in [5.41, 5.74) is 1.31. The smallest absolute Gasteiger partial charge is 0.406 e. The van der Waals surface area contributed by atoms with Gasteiger partial charge in [0.05, 0.1) is 12.5 Å². The molecule has 0 radical (unpaired) electrons. The number of allylic oxidation sites excluding steroid dienone is 2. The molecular weight excluding hydrogens is 373 g/mol. The minimum absolute atomic E-state index is 0.100. The first kappa shape index (κ1) is 21.8. The van der Waals surface area contributed by atoms with Crippen molar-refractivity contribution >= 4 is 17.5 Å². The molecule has 28 heavy (non-hydrogen) atoms. The third-order valence-corrected chi connectivity index (χ3v) is 4.82. The van der Waals surface area contributed by atoms with Crippen LogP contribution in [0.25, 0.3) is 0 Å². The molecular formula is C20H25F3N2O3. The molecule has 0 heterocycles. The normalized spacial score (nSPS) is 20.1. The second kappa shape index (κ2) is 7.85. The second-order valence-electron chi connectivity index (χ2n) is 7.88. The lowest BCUT2D eigenvalue weighted by molar-refractivity contribution is -0.274. The van der Waals surface area contributed by atoms with Crippen molar-refractivity contribution in [3.63, 3.8) is 0 Å². The lowest BCUT2D eigenvalue weighted by Crippen LogP contribution is -2.36. The fraction of sp³-hybridized carbons (Fsp3) is 0.500. The predicted octanol–water partition coefficient (Wildman–Crippen LogP) is 4.22. The third-order valence-electron chi connectivity index (χ3n) is 4.82. The molecule has 1 N–H and O–H groups in total. The molecule has 8 heteroatoms. The van der Waals surface area contributed by atoms with Crippen molar-refractivity contribution in [3.8, 4) is 5.75 Å². The molecule has 1 aliphatic carbocycles. The summed E-state index contributed by atoms with van der Waals surface area (Å²) >= 11 is 0. The Morgan fingerprint density at radius 2 is 1.79 bits per heavy atom. The van der Waals surface area contributed by atoms with Gasteiger partial charge in [-0.3, -0.25) is 9.59 Å². The Bertz CT molecular complexity index is 766. The molecule has 2 rings (SSSR count). The van der Waals surface area contributed by atoms with Gasteiger partial charge in [0.1, 0.15) is 5.75 Å². The Labute approximate surface area is 162 Å². The zero-order valence-electron chi connectivity index (χ0n) is 16.6. The Morgan fingerprint density at radius 1 is 1.21 bits per heavy atom. The number of hydrogen-bond donors (Lipinski definition) is 1. The Hall–Kier alpha value is -2.51. The minimum Gasteiger partial charge on any atom is -0.406 e. The highest BCUT2D eigenvalue weighted by molar-refractivity contribution is 5.95. The molecule has 1 saturated carbocycles. The summed E-state index contributed by atoms with van der Waals surface area (Å²) in [5.74, 6) is -0.927. The maximum atomic E-state index is 12.7. The molecule has 0 aromatic heterocycles. The molecule has 1 aromatic carbocycles. The van der Waals surface area contributed by atoms with Crippen LogP contribution in [0.2, 0.25) is 0 Å². The number of amides is 2. The van der Waals surface area contributed by atoms with Crippen LogP contribution in [0.5, 0.6) is 5.75 Å². The summed E-state index contributed by atoms with van der Waals surface area (Å²) in [6.45, 7) is 7.88. The monoisotopic (exact) mass is 398 g/mol. The predicted molar refractivity (Wildman–Crippen MR) is 99.6 cm³/mol. The quantitative estimate of drug-likeness (QED) is 0.730. The second-order valence-corrected chi connectivity index (χ2v) is 7.88. The van der Waals surface area contributed by atoms with Gasteiger partial charge in [-0.05, 0) is 49.4 Å². The lowest BCUT2D eigenvalue weighted by Gasteiger charge is -2.18. The molecule has 1 aliphatic rings. The van der Waals surface area contributed by atoms with E-state index >= 15 is 0 Å². The van der Waals surface area contributed by atoms with Crippen LogP contribution in [-0.2, 0) is 9.59 Å². The van der Waals surface area contributed by atoms with Crippen LogP contribution < -0.4 is 10.1 Å². The number of anilines is 1. The van der Waals surface area contributed by atoms with Crippen LogP contribution in [0.15, 0.2) is 35.9 Å². The summed E-state index contributed by atoms with van der Waals surface area (Å²) in [6, 6.07) is 4.81. The van der Waals surface area contributed by atoms with Gasteiger partial charge in [-0.2, -0.15) is 0 Å². The van der Waals surface area contributed by atoms with E-state index in [9.17, 15) is 22.8 Å². The van der Waals surface area contributed by atoms with Gasteiger partial charge in [-0.1, -0.05) is 25.5 Å². The van der Waals surface area contributed by atoms with E-state index < -0.39 is 12.3 Å². The van der Waals surface area contributed by atoms with Crippen LogP contribution in [0, 0.1) is 17.3 Å². The number of rotatable bonds is 6. The molecule has 2 amide bonds. The topological polar surface area (TPSA) is 58.6 Å². The van der Waals surface area contributed by atoms with Gasteiger partial charge in [0.2, 0.25) is 11.8 Å². The largest absolute Gasteiger partial charge is 0.573 e. The van der Waals surface area contributed by atoms with Gasteiger partial charge in [0.25, 0.3) is 0 Å². The number of likely N-dealkylation sites (N-methyl/N-ethyl adjacent to an activating group) is 1. The summed E-state index contributed by atoms with van der Waals surface area (Å²) in [6.07, 6.45) is -2.69. The van der Waals surface area contributed by atoms with Gasteiger partial charge >= 0.3 is 6.36 Å². The van der Waals surface area contributed by atoms with E-state index in [1.807, 2.05) is 27.7 Å². The van der Waals surface area contributed by atoms with Crippen molar-refractivity contribution in [1.29, 1.82) is 0 Å². The van der Waals surface area contributed by atoms with Gasteiger partial charge in [0, 0.05) is 12.7 Å². The zero-order chi connectivity index (χ0) is 21.3. The molecule has 5 nitrogen and oxygen atoms in total. The van der Waals surface area contributed by atoms with Crippen LogP contribution in [0.3, 0.4) is 0 Å². The Morgan fingerprint density at radius 3 is 2.29 bits per heavy atom. The summed E-state index contributed by atoms with van der Waals surface area (Å²) in [7, 11) is 1.57. The van der Waals surface area contributed by atoms with Gasteiger partial charge in [-0.15, -0.1) is 13.2 Å². The van der Waals surface area contributed by atoms with E-state index in [0.717, 1.165) is 17.7 Å². The number of carbonyl (C=O) groups is 2. The summed E-state index contributed by atoms with van der Waals surface area (Å²) < 4.78 is 40.3.